The van der Waals surface area contributed by atoms with E-state index < -0.39 is 36.5 Å². The third kappa shape index (κ3) is 4.52. The quantitative estimate of drug-likeness (QED) is 0.404. The maximum Gasteiger partial charge on any atom is 0.391 e. The summed E-state index contributed by atoms with van der Waals surface area (Å²) in [5.74, 6) is -3.95. The molecule has 2 saturated carbocycles. The first-order chi connectivity index (χ1) is 9.68. The molecule has 2 unspecified atom stereocenters. The summed E-state index contributed by atoms with van der Waals surface area (Å²) >= 11 is 0. The number of halogens is 6. The predicted molar refractivity (Wildman–Crippen MR) is 67.6 cm³/mol. The second kappa shape index (κ2) is 6.37. The molecule has 0 saturated heterocycles. The minimum Gasteiger partial charge on any atom is -0.171 e. The fourth-order valence-corrected chi connectivity index (χ4v) is 4.06. The van der Waals surface area contributed by atoms with Crippen molar-refractivity contribution in [3.63, 3.8) is 0 Å². The van der Waals surface area contributed by atoms with E-state index in [9.17, 15) is 26.3 Å². The van der Waals surface area contributed by atoms with Crippen molar-refractivity contribution in [2.45, 2.75) is 70.1 Å². The summed E-state index contributed by atoms with van der Waals surface area (Å²) in [6, 6.07) is 0. The van der Waals surface area contributed by atoms with Crippen LogP contribution in [0.1, 0.15) is 57.8 Å². The summed E-state index contributed by atoms with van der Waals surface area (Å²) in [6.07, 6.45) is -4.45. The van der Waals surface area contributed by atoms with Crippen LogP contribution in [0.4, 0.5) is 26.3 Å². The maximum atomic E-state index is 13.0. The van der Waals surface area contributed by atoms with Crippen LogP contribution in [0.15, 0.2) is 0 Å². The van der Waals surface area contributed by atoms with Gasteiger partial charge in [0, 0.05) is 0 Å². The lowest BCUT2D eigenvalue weighted by atomic mass is 9.68. The Kier molecular flexibility index (Phi) is 5.14. The van der Waals surface area contributed by atoms with Gasteiger partial charge in [-0.3, -0.25) is 0 Å². The van der Waals surface area contributed by atoms with Gasteiger partial charge in [0.1, 0.15) is 0 Å². The molecule has 2 fully saturated rings. The van der Waals surface area contributed by atoms with E-state index in [-0.39, 0.29) is 18.8 Å². The molecular formula is C15H22F6. The number of hydrogen-bond donors (Lipinski definition) is 0. The average Bonchev–Trinajstić information content (AvgIpc) is 2.65. The van der Waals surface area contributed by atoms with E-state index in [1.54, 1.807) is 0 Å². The molecule has 124 valence electrons. The van der Waals surface area contributed by atoms with E-state index in [0.717, 1.165) is 38.5 Å². The summed E-state index contributed by atoms with van der Waals surface area (Å²) in [5, 5.41) is 0. The Morgan fingerprint density at radius 1 is 0.524 bits per heavy atom. The molecule has 0 amide bonds. The largest absolute Gasteiger partial charge is 0.391 e. The molecule has 2 aliphatic carbocycles. The molecule has 2 atom stereocenters. The van der Waals surface area contributed by atoms with Gasteiger partial charge in [0.05, 0.1) is 11.8 Å². The van der Waals surface area contributed by atoms with E-state index in [1.165, 1.54) is 0 Å². The summed E-state index contributed by atoms with van der Waals surface area (Å²) in [6.45, 7) is 0. The van der Waals surface area contributed by atoms with Crippen LogP contribution in [0, 0.1) is 23.7 Å². The van der Waals surface area contributed by atoms with Crippen LogP contribution >= 0.6 is 0 Å². The monoisotopic (exact) mass is 316 g/mol. The van der Waals surface area contributed by atoms with Crippen molar-refractivity contribution in [2.24, 2.45) is 23.7 Å². The average molecular weight is 316 g/mol. The molecule has 6 heteroatoms. The molecule has 0 aliphatic heterocycles. The zero-order chi connectivity index (χ0) is 15.7. The maximum absolute atomic E-state index is 13.0. The third-order valence-corrected chi connectivity index (χ3v) is 5.24. The molecule has 0 aromatic heterocycles. The number of alkyl halides is 6. The van der Waals surface area contributed by atoms with Crippen LogP contribution in [0.3, 0.4) is 0 Å². The second-order valence-corrected chi connectivity index (χ2v) is 6.70. The molecule has 0 nitrogen and oxygen atoms in total. The lowest BCUT2D eigenvalue weighted by Crippen LogP contribution is -2.40. The lowest BCUT2D eigenvalue weighted by Gasteiger charge is -2.40. The molecule has 0 spiro atoms. The fraction of sp³-hybridized carbons (Fsp3) is 1.00. The Morgan fingerprint density at radius 2 is 0.952 bits per heavy atom. The second-order valence-electron chi connectivity index (χ2n) is 6.70. The Morgan fingerprint density at radius 3 is 1.33 bits per heavy atom. The molecule has 2 rings (SSSR count). The summed E-state index contributed by atoms with van der Waals surface area (Å²) < 4.78 is 77.7. The van der Waals surface area contributed by atoms with Crippen molar-refractivity contribution >= 4 is 0 Å². The van der Waals surface area contributed by atoms with E-state index >= 15 is 0 Å². The predicted octanol–water partition coefficient (Wildman–Crippen LogP) is 6.11. The highest BCUT2D eigenvalue weighted by Gasteiger charge is 2.52. The smallest absolute Gasteiger partial charge is 0.171 e. The van der Waals surface area contributed by atoms with Crippen LogP contribution in [0.25, 0.3) is 0 Å². The Bertz CT molecular complexity index is 302. The molecule has 2 aliphatic rings. The molecule has 0 bridgehead atoms. The van der Waals surface area contributed by atoms with E-state index in [1.807, 2.05) is 0 Å². The van der Waals surface area contributed by atoms with Crippen molar-refractivity contribution in [2.75, 3.05) is 0 Å². The Labute approximate surface area is 121 Å². The Hall–Kier alpha value is -0.420. The number of hydrogen-bond acceptors (Lipinski definition) is 0. The highest BCUT2D eigenvalue weighted by atomic mass is 19.4. The normalized spacial score (nSPS) is 33.7. The van der Waals surface area contributed by atoms with Gasteiger partial charge in [-0.05, 0) is 31.1 Å². The molecule has 0 aromatic rings. The standard InChI is InChI=1S/C15H22F6/c16-14(17,18)12-7-11(8-13(9-12)15(19,20)21)10-5-3-1-2-4-6-10/h10-13H,1-9H2. The first-order valence-electron chi connectivity index (χ1n) is 7.81. The van der Waals surface area contributed by atoms with Gasteiger partial charge in [-0.25, -0.2) is 0 Å². The van der Waals surface area contributed by atoms with Crippen LogP contribution < -0.4 is 0 Å². The van der Waals surface area contributed by atoms with Gasteiger partial charge in [0.2, 0.25) is 0 Å². The van der Waals surface area contributed by atoms with Crippen LogP contribution in [-0.4, -0.2) is 12.4 Å². The van der Waals surface area contributed by atoms with Gasteiger partial charge >= 0.3 is 12.4 Å². The van der Waals surface area contributed by atoms with Crippen molar-refractivity contribution in [1.29, 1.82) is 0 Å². The number of rotatable bonds is 1. The summed E-state index contributed by atoms with van der Waals surface area (Å²) in [7, 11) is 0. The molecular weight excluding hydrogens is 294 g/mol. The Balaban J connectivity index is 2.12. The van der Waals surface area contributed by atoms with E-state index in [0.29, 0.717) is 0 Å². The van der Waals surface area contributed by atoms with Crippen molar-refractivity contribution < 1.29 is 26.3 Å². The summed E-state index contributed by atoms with van der Waals surface area (Å²) in [4.78, 5) is 0. The SMILES string of the molecule is FC(F)(F)C1CC(C2CCCCCC2)CC(C(F)(F)F)C1. The topological polar surface area (TPSA) is 0 Å². The summed E-state index contributed by atoms with van der Waals surface area (Å²) in [5.41, 5.74) is 0. The first kappa shape index (κ1) is 16.9. The zero-order valence-corrected chi connectivity index (χ0v) is 11.9. The first-order valence-corrected chi connectivity index (χ1v) is 7.81. The van der Waals surface area contributed by atoms with Crippen molar-refractivity contribution in [3.05, 3.63) is 0 Å². The van der Waals surface area contributed by atoms with E-state index in [4.69, 9.17) is 0 Å². The van der Waals surface area contributed by atoms with Crippen molar-refractivity contribution in [1.82, 2.24) is 0 Å². The van der Waals surface area contributed by atoms with Gasteiger partial charge in [-0.15, -0.1) is 0 Å². The molecule has 0 aromatic carbocycles. The molecule has 0 heterocycles. The van der Waals surface area contributed by atoms with Gasteiger partial charge in [0.25, 0.3) is 0 Å². The fourth-order valence-electron chi connectivity index (χ4n) is 4.06. The minimum absolute atomic E-state index is 0.0440. The zero-order valence-electron chi connectivity index (χ0n) is 11.9. The molecule has 21 heavy (non-hydrogen) atoms. The van der Waals surface area contributed by atoms with Crippen LogP contribution in [0.5, 0.6) is 0 Å². The van der Waals surface area contributed by atoms with Crippen LogP contribution in [0.2, 0.25) is 0 Å². The molecule has 0 radical (unpaired) electrons. The highest BCUT2D eigenvalue weighted by Crippen LogP contribution is 2.50. The van der Waals surface area contributed by atoms with Gasteiger partial charge in [-0.1, -0.05) is 38.5 Å². The highest BCUT2D eigenvalue weighted by molar-refractivity contribution is 4.88. The molecule has 0 N–H and O–H groups in total. The van der Waals surface area contributed by atoms with Crippen LogP contribution in [-0.2, 0) is 0 Å². The third-order valence-electron chi connectivity index (χ3n) is 5.24. The lowest BCUT2D eigenvalue weighted by molar-refractivity contribution is -0.231. The van der Waals surface area contributed by atoms with Gasteiger partial charge in [0.15, 0.2) is 0 Å². The van der Waals surface area contributed by atoms with Gasteiger partial charge in [-0.2, -0.15) is 26.3 Å². The van der Waals surface area contributed by atoms with Crippen molar-refractivity contribution in [3.8, 4) is 0 Å². The van der Waals surface area contributed by atoms with E-state index in [2.05, 4.69) is 0 Å². The minimum atomic E-state index is -4.51. The van der Waals surface area contributed by atoms with Gasteiger partial charge < -0.3 is 0 Å².